The summed E-state index contributed by atoms with van der Waals surface area (Å²) in [7, 11) is -5.71. The molecule has 0 aliphatic carbocycles. The van der Waals surface area contributed by atoms with Gasteiger partial charge in [0.1, 0.15) is 33.9 Å². The van der Waals surface area contributed by atoms with Gasteiger partial charge in [-0.2, -0.15) is 0 Å². The van der Waals surface area contributed by atoms with Crippen LogP contribution in [0.1, 0.15) is 25.5 Å². The highest BCUT2D eigenvalue weighted by molar-refractivity contribution is 7.93. The Bertz CT molecular complexity index is 1830. The highest BCUT2D eigenvalue weighted by Crippen LogP contribution is 2.38. The van der Waals surface area contributed by atoms with Crippen molar-refractivity contribution < 1.29 is 40.5 Å². The number of aliphatic hydroxyl groups excluding tert-OH is 1. The first-order chi connectivity index (χ1) is 20.3. The molecule has 0 spiro atoms. The van der Waals surface area contributed by atoms with Gasteiger partial charge in [-0.05, 0) is 44.2 Å². The Morgan fingerprint density at radius 3 is 2.26 bits per heavy atom. The molecule has 4 aromatic rings. The van der Waals surface area contributed by atoms with E-state index in [0.29, 0.717) is 12.5 Å². The maximum atomic E-state index is 13.9. The number of anilines is 1. The number of nitrogens with one attached hydrogen (secondary N) is 1. The molecule has 0 amide bonds. The third kappa shape index (κ3) is 6.55. The Hall–Kier alpha value is -4.28. The number of hydrogen-bond acceptors (Lipinski definition) is 11. The van der Waals surface area contributed by atoms with Gasteiger partial charge in [-0.25, -0.2) is 26.2 Å². The van der Waals surface area contributed by atoms with Crippen LogP contribution >= 0.6 is 0 Å². The van der Waals surface area contributed by atoms with Crippen molar-refractivity contribution in [2.75, 3.05) is 31.8 Å². The van der Waals surface area contributed by atoms with Gasteiger partial charge in [-0.1, -0.05) is 18.2 Å². The van der Waals surface area contributed by atoms with E-state index in [1.165, 1.54) is 25.7 Å². The fourth-order valence-corrected chi connectivity index (χ4v) is 6.27. The zero-order chi connectivity index (χ0) is 31.5. The van der Waals surface area contributed by atoms with E-state index in [2.05, 4.69) is 19.9 Å². The number of methoxy groups -OCH3 is 2. The Labute approximate surface area is 248 Å². The average Bonchev–Trinajstić information content (AvgIpc) is 3.37. The second kappa shape index (κ2) is 12.5. The summed E-state index contributed by atoms with van der Waals surface area (Å²) in [5.41, 5.74) is 0.223. The van der Waals surface area contributed by atoms with E-state index in [9.17, 15) is 26.3 Å². The molecular formula is C27H30FN5O8S2. The zero-order valence-corrected chi connectivity index (χ0v) is 25.5. The highest BCUT2D eigenvalue weighted by Gasteiger charge is 2.35. The van der Waals surface area contributed by atoms with E-state index >= 15 is 0 Å². The monoisotopic (exact) mass is 635 g/mol. The van der Waals surface area contributed by atoms with E-state index in [0.717, 1.165) is 24.5 Å². The van der Waals surface area contributed by atoms with Crippen molar-refractivity contribution >= 4 is 25.8 Å². The van der Waals surface area contributed by atoms with E-state index in [1.807, 2.05) is 0 Å². The van der Waals surface area contributed by atoms with Crippen molar-refractivity contribution in [3.8, 4) is 34.6 Å². The number of aromatic nitrogens is 4. The van der Waals surface area contributed by atoms with Gasteiger partial charge in [0.25, 0.3) is 0 Å². The summed E-state index contributed by atoms with van der Waals surface area (Å²) in [5.74, 6) is -0.242. The van der Waals surface area contributed by atoms with Crippen LogP contribution in [0, 0.1) is 5.82 Å². The fourth-order valence-electron chi connectivity index (χ4n) is 4.26. The lowest BCUT2D eigenvalue weighted by molar-refractivity contribution is 0.173. The first-order valence-electron chi connectivity index (χ1n) is 12.8. The van der Waals surface area contributed by atoms with Gasteiger partial charge >= 0.3 is 0 Å². The second-order valence-electron chi connectivity index (χ2n) is 9.24. The van der Waals surface area contributed by atoms with Crippen molar-refractivity contribution in [1.82, 2.24) is 19.7 Å². The molecule has 43 heavy (non-hydrogen) atoms. The minimum absolute atomic E-state index is 0.0909. The van der Waals surface area contributed by atoms with E-state index in [4.69, 9.17) is 14.2 Å². The molecule has 0 aliphatic rings. The van der Waals surface area contributed by atoms with Gasteiger partial charge < -0.3 is 19.3 Å². The quantitative estimate of drug-likeness (QED) is 0.234. The van der Waals surface area contributed by atoms with E-state index < -0.39 is 41.9 Å². The largest absolute Gasteiger partial charge is 0.494 e. The standard InChI is InChI=1S/C27H30FN5O8S2/c1-6-41-23-12-7-9-19(29-23)26-30-31-27(33(26)24-20(39-3)10-8-11-21(24)40-4)32-43(37,38)16(2)25(34)18-14-13-17(28)15-22(18)42(5,35)36/h7-16,25,34H,6H2,1-5H3,(H,31,32)/t16-,25-/m0/s1. The van der Waals surface area contributed by atoms with Gasteiger partial charge in [-0.15, -0.1) is 10.2 Å². The summed E-state index contributed by atoms with van der Waals surface area (Å²) >= 11 is 0. The van der Waals surface area contributed by atoms with Crippen LogP contribution in [0.25, 0.3) is 17.2 Å². The molecule has 0 saturated carbocycles. The number of nitrogens with zero attached hydrogens (tertiary/aromatic N) is 4. The van der Waals surface area contributed by atoms with Gasteiger partial charge in [0.05, 0.1) is 31.8 Å². The number of para-hydroxylation sites is 1. The molecule has 0 unspecified atom stereocenters. The van der Waals surface area contributed by atoms with Gasteiger partial charge in [0.15, 0.2) is 15.7 Å². The molecule has 0 aliphatic heterocycles. The molecule has 230 valence electrons. The van der Waals surface area contributed by atoms with E-state index in [-0.39, 0.29) is 40.2 Å². The van der Waals surface area contributed by atoms with Crippen molar-refractivity contribution in [1.29, 1.82) is 0 Å². The van der Waals surface area contributed by atoms with Crippen LogP contribution in [0.2, 0.25) is 0 Å². The Kier molecular flexibility index (Phi) is 9.22. The topological polar surface area (TPSA) is 172 Å². The summed E-state index contributed by atoms with van der Waals surface area (Å²) < 4.78 is 86.0. The van der Waals surface area contributed by atoms with Crippen molar-refractivity contribution in [3.63, 3.8) is 0 Å². The van der Waals surface area contributed by atoms with Gasteiger partial charge in [-0.3, -0.25) is 9.29 Å². The minimum Gasteiger partial charge on any atom is -0.494 e. The summed E-state index contributed by atoms with van der Waals surface area (Å²) in [6.45, 7) is 3.31. The van der Waals surface area contributed by atoms with Crippen LogP contribution in [-0.2, 0) is 19.9 Å². The second-order valence-corrected chi connectivity index (χ2v) is 13.3. The molecule has 2 heterocycles. The third-order valence-electron chi connectivity index (χ3n) is 6.39. The zero-order valence-electron chi connectivity index (χ0n) is 23.8. The molecule has 4 rings (SSSR count). The molecular weight excluding hydrogens is 605 g/mol. The van der Waals surface area contributed by atoms with Crippen molar-refractivity contribution in [2.45, 2.75) is 30.1 Å². The Morgan fingerprint density at radius 2 is 1.65 bits per heavy atom. The SMILES string of the molecule is CCOc1cccc(-c2nnc(NS(=O)(=O)[C@@H](C)[C@H](O)c3ccc(F)cc3S(C)(=O)=O)n2-c2c(OC)cccc2OC)n1. The van der Waals surface area contributed by atoms with Crippen LogP contribution < -0.4 is 18.9 Å². The first kappa shape index (κ1) is 31.7. The lowest BCUT2D eigenvalue weighted by Crippen LogP contribution is -2.32. The predicted molar refractivity (Wildman–Crippen MR) is 155 cm³/mol. The molecule has 0 bridgehead atoms. The van der Waals surface area contributed by atoms with Crippen LogP contribution in [0.4, 0.5) is 10.3 Å². The van der Waals surface area contributed by atoms with Gasteiger partial charge in [0, 0.05) is 17.9 Å². The smallest absolute Gasteiger partial charge is 0.243 e. The average molecular weight is 636 g/mol. The molecule has 16 heteroatoms. The van der Waals surface area contributed by atoms with Gasteiger partial charge in [0.2, 0.25) is 21.9 Å². The molecule has 0 fully saturated rings. The van der Waals surface area contributed by atoms with Crippen molar-refractivity contribution in [3.05, 3.63) is 66.0 Å². The predicted octanol–water partition coefficient (Wildman–Crippen LogP) is 3.15. The summed E-state index contributed by atoms with van der Waals surface area (Å²) in [6, 6.07) is 12.5. The normalized spacial score (nSPS) is 13.3. The molecule has 2 atom stereocenters. The number of sulfonamides is 1. The first-order valence-corrected chi connectivity index (χ1v) is 16.2. The van der Waals surface area contributed by atoms with Crippen LogP contribution in [0.3, 0.4) is 0 Å². The maximum absolute atomic E-state index is 13.9. The molecule has 0 saturated heterocycles. The summed E-state index contributed by atoms with van der Waals surface area (Å²) in [6.07, 6.45) is -1.04. The molecule has 2 N–H and O–H groups in total. The molecule has 2 aromatic heterocycles. The summed E-state index contributed by atoms with van der Waals surface area (Å²) in [5, 5.41) is 17.7. The molecule has 0 radical (unpaired) electrons. The third-order valence-corrected chi connectivity index (χ3v) is 9.25. The summed E-state index contributed by atoms with van der Waals surface area (Å²) in [4.78, 5) is 3.91. The lowest BCUT2D eigenvalue weighted by atomic mass is 10.1. The maximum Gasteiger partial charge on any atom is 0.243 e. The van der Waals surface area contributed by atoms with E-state index in [1.54, 1.807) is 43.3 Å². The lowest BCUT2D eigenvalue weighted by Gasteiger charge is -2.23. The van der Waals surface area contributed by atoms with Crippen LogP contribution in [0.15, 0.2) is 59.5 Å². The minimum atomic E-state index is -4.53. The number of aliphatic hydroxyl groups is 1. The Balaban J connectivity index is 1.86. The number of hydrogen-bond donors (Lipinski definition) is 2. The number of ether oxygens (including phenoxy) is 3. The van der Waals surface area contributed by atoms with Crippen LogP contribution in [-0.4, -0.2) is 74.0 Å². The number of pyridine rings is 1. The van der Waals surface area contributed by atoms with Crippen LogP contribution in [0.5, 0.6) is 17.4 Å². The number of benzene rings is 2. The number of sulfone groups is 1. The number of halogens is 1. The number of rotatable bonds is 12. The Morgan fingerprint density at radius 1 is 1.00 bits per heavy atom. The van der Waals surface area contributed by atoms with Crippen molar-refractivity contribution in [2.24, 2.45) is 0 Å². The fraction of sp³-hybridized carbons (Fsp3) is 0.296. The highest BCUT2D eigenvalue weighted by atomic mass is 32.2. The molecule has 13 nitrogen and oxygen atoms in total. The molecule has 2 aromatic carbocycles.